The summed E-state index contributed by atoms with van der Waals surface area (Å²) in [6, 6.07) is 0. The molecule has 4 N–H and O–H groups in total. The van der Waals surface area contributed by atoms with Crippen LogP contribution in [0.25, 0.3) is 0 Å². The van der Waals surface area contributed by atoms with Gasteiger partial charge in [0.2, 0.25) is 0 Å². The van der Waals surface area contributed by atoms with Gasteiger partial charge in [-0.2, -0.15) is 8.42 Å². The molecule has 0 spiro atoms. The van der Waals surface area contributed by atoms with Crippen LogP contribution in [0.2, 0.25) is 0 Å². The fraction of sp³-hybridized carbons (Fsp3) is 1.00. The van der Waals surface area contributed by atoms with E-state index in [1.807, 2.05) is 6.92 Å². The van der Waals surface area contributed by atoms with E-state index in [-0.39, 0.29) is 12.1 Å². The minimum absolute atomic E-state index is 0. The van der Waals surface area contributed by atoms with Crippen molar-refractivity contribution in [2.45, 2.75) is 52.6 Å². The summed E-state index contributed by atoms with van der Waals surface area (Å²) in [5, 5.41) is 0. The third-order valence-electron chi connectivity index (χ3n) is 2.34. The maximum atomic E-state index is 10.4. The third kappa shape index (κ3) is 10.1. The summed E-state index contributed by atoms with van der Waals surface area (Å²) in [7, 11) is -4.30. The van der Waals surface area contributed by atoms with Crippen molar-refractivity contribution >= 4 is 10.4 Å². The minimum atomic E-state index is -4.30. The van der Waals surface area contributed by atoms with E-state index in [0.717, 1.165) is 25.7 Å². The standard InChI is InChI=1S/C9H20O4S.H3N/c1-4-5-6-7-8(2)9(3)13-14(10,11)12;/h8-9H,4-7H2,1-3H3,(H,10,11,12);1H3. The third-order valence-corrected chi connectivity index (χ3v) is 2.88. The Kier molecular flexibility index (Phi) is 9.23. The van der Waals surface area contributed by atoms with Gasteiger partial charge in [-0.1, -0.05) is 33.1 Å². The van der Waals surface area contributed by atoms with Crippen LogP contribution in [0.3, 0.4) is 0 Å². The van der Waals surface area contributed by atoms with Gasteiger partial charge < -0.3 is 6.15 Å². The lowest BCUT2D eigenvalue weighted by molar-refractivity contribution is 0.140. The molecule has 0 saturated carbocycles. The van der Waals surface area contributed by atoms with Gasteiger partial charge in [-0.15, -0.1) is 0 Å². The lowest BCUT2D eigenvalue weighted by Gasteiger charge is -2.17. The van der Waals surface area contributed by atoms with Crippen LogP contribution >= 0.6 is 0 Å². The summed E-state index contributed by atoms with van der Waals surface area (Å²) in [5.41, 5.74) is 0. The van der Waals surface area contributed by atoms with Crippen molar-refractivity contribution < 1.29 is 17.2 Å². The van der Waals surface area contributed by atoms with E-state index >= 15 is 0 Å². The van der Waals surface area contributed by atoms with Gasteiger partial charge in [0.15, 0.2) is 0 Å². The number of unbranched alkanes of at least 4 members (excludes halogenated alkanes) is 2. The average Bonchev–Trinajstić information content (AvgIpc) is 2.01. The van der Waals surface area contributed by atoms with Gasteiger partial charge in [0.05, 0.1) is 6.10 Å². The van der Waals surface area contributed by atoms with Crippen molar-refractivity contribution in [1.29, 1.82) is 0 Å². The molecular formula is C9H23NO4S. The Hall–Kier alpha value is -0.170. The first-order chi connectivity index (χ1) is 6.37. The molecule has 0 fully saturated rings. The van der Waals surface area contributed by atoms with Crippen LogP contribution in [0, 0.1) is 5.92 Å². The van der Waals surface area contributed by atoms with Gasteiger partial charge in [0.25, 0.3) is 0 Å². The Morgan fingerprint density at radius 1 is 1.27 bits per heavy atom. The second kappa shape index (κ2) is 8.04. The Morgan fingerprint density at radius 2 is 1.80 bits per heavy atom. The average molecular weight is 241 g/mol. The van der Waals surface area contributed by atoms with Crippen LogP contribution in [0.1, 0.15) is 46.5 Å². The predicted molar refractivity (Wildman–Crippen MR) is 60.4 cm³/mol. The van der Waals surface area contributed by atoms with Crippen LogP contribution in [-0.4, -0.2) is 19.1 Å². The van der Waals surface area contributed by atoms with Crippen LogP contribution in [0.15, 0.2) is 0 Å². The zero-order chi connectivity index (χ0) is 11.2. The van der Waals surface area contributed by atoms with E-state index in [0.29, 0.717) is 0 Å². The van der Waals surface area contributed by atoms with Crippen molar-refractivity contribution in [3.63, 3.8) is 0 Å². The van der Waals surface area contributed by atoms with E-state index in [9.17, 15) is 8.42 Å². The molecule has 0 aromatic heterocycles. The van der Waals surface area contributed by atoms with E-state index < -0.39 is 16.5 Å². The van der Waals surface area contributed by atoms with Crippen LogP contribution < -0.4 is 6.15 Å². The predicted octanol–water partition coefficient (Wildman–Crippen LogP) is 2.57. The second-order valence-corrected chi connectivity index (χ2v) is 4.75. The second-order valence-electron chi connectivity index (χ2n) is 3.70. The molecule has 0 aliphatic carbocycles. The monoisotopic (exact) mass is 241 g/mol. The molecule has 0 radical (unpaired) electrons. The highest BCUT2D eigenvalue weighted by Crippen LogP contribution is 2.16. The Bertz CT molecular complexity index is 240. The molecule has 94 valence electrons. The van der Waals surface area contributed by atoms with Crippen molar-refractivity contribution in [1.82, 2.24) is 6.15 Å². The van der Waals surface area contributed by atoms with E-state index in [1.165, 1.54) is 0 Å². The Balaban J connectivity index is 0. The van der Waals surface area contributed by atoms with Gasteiger partial charge in [0, 0.05) is 0 Å². The summed E-state index contributed by atoms with van der Waals surface area (Å²) in [4.78, 5) is 0. The normalized spacial score (nSPS) is 15.5. The summed E-state index contributed by atoms with van der Waals surface area (Å²) in [6.07, 6.45) is 3.81. The van der Waals surface area contributed by atoms with Crippen LogP contribution in [0.5, 0.6) is 0 Å². The highest BCUT2D eigenvalue weighted by Gasteiger charge is 2.18. The zero-order valence-electron chi connectivity index (χ0n) is 9.77. The molecule has 0 aromatic carbocycles. The van der Waals surface area contributed by atoms with Crippen molar-refractivity contribution in [2.75, 3.05) is 0 Å². The molecule has 5 nitrogen and oxygen atoms in total. The lowest BCUT2D eigenvalue weighted by Crippen LogP contribution is -2.21. The molecule has 0 heterocycles. The summed E-state index contributed by atoms with van der Waals surface area (Å²) in [6.45, 7) is 5.69. The Labute approximate surface area is 92.7 Å². The molecule has 2 unspecified atom stereocenters. The maximum Gasteiger partial charge on any atom is 0.397 e. The zero-order valence-corrected chi connectivity index (χ0v) is 10.6. The first-order valence-corrected chi connectivity index (χ1v) is 6.39. The molecule has 15 heavy (non-hydrogen) atoms. The fourth-order valence-electron chi connectivity index (χ4n) is 1.24. The molecule has 0 aliphatic heterocycles. The van der Waals surface area contributed by atoms with Gasteiger partial charge >= 0.3 is 10.4 Å². The molecule has 0 amide bonds. The molecule has 0 saturated heterocycles. The van der Waals surface area contributed by atoms with Crippen molar-refractivity contribution in [2.24, 2.45) is 5.92 Å². The van der Waals surface area contributed by atoms with Crippen LogP contribution in [0.4, 0.5) is 0 Å². The summed E-state index contributed by atoms with van der Waals surface area (Å²) >= 11 is 0. The van der Waals surface area contributed by atoms with Crippen molar-refractivity contribution in [3.05, 3.63) is 0 Å². The molecule has 6 heteroatoms. The molecule has 2 atom stereocenters. The van der Waals surface area contributed by atoms with Gasteiger partial charge in [-0.05, 0) is 19.3 Å². The number of hydrogen-bond acceptors (Lipinski definition) is 4. The molecule has 0 aromatic rings. The topological polar surface area (TPSA) is 98.6 Å². The van der Waals surface area contributed by atoms with Gasteiger partial charge in [-0.25, -0.2) is 4.18 Å². The molecule has 0 rings (SSSR count). The van der Waals surface area contributed by atoms with Gasteiger partial charge in [0.1, 0.15) is 0 Å². The highest BCUT2D eigenvalue weighted by atomic mass is 32.3. The molecular weight excluding hydrogens is 218 g/mol. The van der Waals surface area contributed by atoms with Crippen molar-refractivity contribution in [3.8, 4) is 0 Å². The van der Waals surface area contributed by atoms with E-state index in [4.69, 9.17) is 4.55 Å². The molecule has 0 aliphatic rings. The largest absolute Gasteiger partial charge is 0.397 e. The van der Waals surface area contributed by atoms with Crippen LogP contribution in [-0.2, 0) is 14.6 Å². The maximum absolute atomic E-state index is 10.4. The summed E-state index contributed by atoms with van der Waals surface area (Å²) < 4.78 is 33.7. The molecule has 0 bridgehead atoms. The smallest absolute Gasteiger partial charge is 0.344 e. The van der Waals surface area contributed by atoms with Gasteiger partial charge in [-0.3, -0.25) is 4.55 Å². The summed E-state index contributed by atoms with van der Waals surface area (Å²) in [5.74, 6) is 0.142. The Morgan fingerprint density at radius 3 is 2.20 bits per heavy atom. The first kappa shape index (κ1) is 17.2. The lowest BCUT2D eigenvalue weighted by atomic mass is 9.99. The highest BCUT2D eigenvalue weighted by molar-refractivity contribution is 7.80. The number of rotatable bonds is 7. The minimum Gasteiger partial charge on any atom is -0.344 e. The van der Waals surface area contributed by atoms with E-state index in [2.05, 4.69) is 11.1 Å². The first-order valence-electron chi connectivity index (χ1n) is 5.02. The fourth-order valence-corrected chi connectivity index (χ4v) is 1.81. The quantitative estimate of drug-likeness (QED) is 0.527. The number of hydrogen-bond donors (Lipinski definition) is 2. The SMILES string of the molecule is CCCCCC(C)C(C)OS(=O)(=O)O.N. The van der Waals surface area contributed by atoms with E-state index in [1.54, 1.807) is 6.92 Å².